The summed E-state index contributed by atoms with van der Waals surface area (Å²) in [6, 6.07) is 2.36. The molecule has 0 amide bonds. The first-order chi connectivity index (χ1) is 22.7. The van der Waals surface area contributed by atoms with Crippen LogP contribution in [0.4, 0.5) is 0 Å². The van der Waals surface area contributed by atoms with Crippen LogP contribution in [-0.2, 0) is 4.74 Å². The van der Waals surface area contributed by atoms with Gasteiger partial charge in [0.05, 0.1) is 50.7 Å². The fourth-order valence-corrected chi connectivity index (χ4v) is 3.63. The molecule has 0 aromatic carbocycles. The molecular formula is C32H71I3N11O3-. The van der Waals surface area contributed by atoms with E-state index in [1.165, 1.54) is 11.4 Å². The number of nitrogens with one attached hydrogen (secondary N) is 4. The van der Waals surface area contributed by atoms with Gasteiger partial charge in [0.25, 0.3) is 0 Å². The third-order valence-electron chi connectivity index (χ3n) is 5.71. The molecule has 14 nitrogen and oxygen atoms in total. The van der Waals surface area contributed by atoms with E-state index in [4.69, 9.17) is 4.74 Å². The summed E-state index contributed by atoms with van der Waals surface area (Å²) in [6.07, 6.45) is 3.20. The van der Waals surface area contributed by atoms with Gasteiger partial charge in [0.2, 0.25) is 0 Å². The summed E-state index contributed by atoms with van der Waals surface area (Å²) in [5.74, 6) is 3.05. The van der Waals surface area contributed by atoms with Gasteiger partial charge in [-0.05, 0) is 52.4 Å². The van der Waals surface area contributed by atoms with Gasteiger partial charge in [-0.2, -0.15) is 0 Å². The molecule has 1 fully saturated rings. The van der Waals surface area contributed by atoms with Crippen molar-refractivity contribution in [2.24, 2.45) is 41.8 Å². The predicted octanol–water partition coefficient (Wildman–Crippen LogP) is 1.34. The average molecular weight is 1040 g/mol. The van der Waals surface area contributed by atoms with E-state index < -0.39 is 0 Å². The van der Waals surface area contributed by atoms with Gasteiger partial charge in [-0.15, -0.1) is 0 Å². The molecule has 0 saturated carbocycles. The van der Waals surface area contributed by atoms with Gasteiger partial charge in [-0.25, -0.2) is 9.98 Å². The Morgan fingerprint density at radius 2 is 1.37 bits per heavy atom. The predicted molar refractivity (Wildman–Crippen MR) is 227 cm³/mol. The van der Waals surface area contributed by atoms with Crippen molar-refractivity contribution in [2.45, 2.75) is 86.9 Å². The van der Waals surface area contributed by atoms with E-state index in [0.717, 1.165) is 44.2 Å². The number of hydrogen-bond acceptors (Lipinski definition) is 10. The molecule has 1 saturated heterocycles. The monoisotopic (exact) mass is 1040 g/mol. The maximum Gasteiger partial charge on any atom is -0.412 e. The molecular weight excluding hydrogens is 967 g/mol. The molecule has 1 heterocycles. The standard InChI is InChI=1S/C14H29N3.C12H28N6O.C3H6N2.C3H6O.I3.H2O/c1-11(2)7-13(5)16-9-15-10-17-14(6)8-12(3)4;1-10(19)8-18(7-6-11(13-2)14-3)9-17-12(15-4)16-5;1-4-3-5-2;1-3-2-4-3;1-3-2;/h11-12,15H,7-10H2,1-6H3;10,19H,6-9H2,1-5H3,(H,13,14)(H2,15,16,17);1-2H3;3H,2H2,1H3;;1H2/q;;;;-1;. The zero-order valence-corrected chi connectivity index (χ0v) is 39.3. The second-order valence-corrected chi connectivity index (χ2v) is 27.8. The van der Waals surface area contributed by atoms with Crippen LogP contribution in [0.1, 0.15) is 74.7 Å². The fraction of sp³-hybridized carbons (Fsp3) is 0.844. The largest absolute Gasteiger partial charge is 0.412 e. The van der Waals surface area contributed by atoms with Gasteiger partial charge in [0, 0.05) is 73.2 Å². The first kappa shape index (κ1) is 57.8. The van der Waals surface area contributed by atoms with Crippen LogP contribution in [0.3, 0.4) is 0 Å². The number of aliphatic imine (C=N–C) groups is 6. The Kier molecular flexibility index (Phi) is 51.4. The first-order valence-corrected chi connectivity index (χ1v) is 28.8. The van der Waals surface area contributed by atoms with Crippen LogP contribution in [0.15, 0.2) is 30.0 Å². The Labute approximate surface area is 329 Å². The van der Waals surface area contributed by atoms with Crippen molar-refractivity contribution in [3.8, 4) is 0 Å². The minimum absolute atomic E-state index is 0. The Morgan fingerprint density at radius 3 is 1.63 bits per heavy atom. The van der Waals surface area contributed by atoms with E-state index in [-0.39, 0.29) is 11.6 Å². The van der Waals surface area contributed by atoms with Gasteiger partial charge in [-0.1, -0.05) is 27.7 Å². The van der Waals surface area contributed by atoms with Crippen LogP contribution < -0.4 is 34.5 Å². The Balaban J connectivity index is -0.000000194. The molecule has 0 spiro atoms. The third-order valence-corrected chi connectivity index (χ3v) is 5.71. The van der Waals surface area contributed by atoms with Gasteiger partial charge >= 0.3 is 50.5 Å². The second kappa shape index (κ2) is 43.6. The van der Waals surface area contributed by atoms with E-state index in [2.05, 4.69) is 148 Å². The molecule has 7 N–H and O–H groups in total. The van der Waals surface area contributed by atoms with E-state index in [1.807, 2.05) is 14.1 Å². The SMILES string of the molecule is CC(CC(C)C)=NCNCN=C(C)CC(C)C.CC1CO1.CN=C(CCN(CNC(=NC)NC)CC(C)O)NC.CN=C=NC.I[I-]I.O. The summed E-state index contributed by atoms with van der Waals surface area (Å²) in [4.78, 5) is 26.1. The van der Waals surface area contributed by atoms with Crippen molar-refractivity contribution in [3.63, 3.8) is 0 Å². The molecule has 1 rings (SSSR count). The summed E-state index contributed by atoms with van der Waals surface area (Å²) in [5.41, 5.74) is 2.44. The van der Waals surface area contributed by atoms with Crippen LogP contribution >= 0.6 is 37.2 Å². The molecule has 1 aliphatic heterocycles. The first-order valence-electron chi connectivity index (χ1n) is 16.2. The van der Waals surface area contributed by atoms with E-state index in [9.17, 15) is 5.11 Å². The van der Waals surface area contributed by atoms with Crippen LogP contribution in [0.5, 0.6) is 0 Å². The van der Waals surface area contributed by atoms with Gasteiger partial charge in [0.15, 0.2) is 5.96 Å². The molecule has 0 aromatic heterocycles. The van der Waals surface area contributed by atoms with E-state index in [0.29, 0.717) is 57.7 Å². The molecule has 0 aliphatic carbocycles. The van der Waals surface area contributed by atoms with Crippen LogP contribution in [0, 0.1) is 11.8 Å². The summed E-state index contributed by atoms with van der Waals surface area (Å²) >= 11 is 5.30. The van der Waals surface area contributed by atoms with Gasteiger partial charge in [-0.3, -0.25) is 30.2 Å². The molecule has 2 atom stereocenters. The summed E-state index contributed by atoms with van der Waals surface area (Å²) < 4.78 is 4.71. The van der Waals surface area contributed by atoms with Crippen molar-refractivity contribution >= 4 is 66.5 Å². The Morgan fingerprint density at radius 1 is 0.918 bits per heavy atom. The maximum absolute atomic E-state index is 9.52. The zero-order chi connectivity index (χ0) is 37.8. The molecule has 0 aromatic rings. The number of hydrogen-bond donors (Lipinski definition) is 5. The van der Waals surface area contributed by atoms with E-state index in [1.54, 1.807) is 35.1 Å². The van der Waals surface area contributed by atoms with Crippen molar-refractivity contribution in [1.29, 1.82) is 0 Å². The van der Waals surface area contributed by atoms with Crippen LogP contribution in [0.25, 0.3) is 0 Å². The fourth-order valence-electron chi connectivity index (χ4n) is 3.63. The Bertz CT molecular complexity index is 854. The van der Waals surface area contributed by atoms with Crippen LogP contribution in [0.2, 0.25) is 0 Å². The van der Waals surface area contributed by atoms with E-state index >= 15 is 0 Å². The summed E-state index contributed by atoms with van der Waals surface area (Å²) in [7, 11) is 10.4. The third kappa shape index (κ3) is 54.4. The Hall–Kier alpha value is -0.550. The van der Waals surface area contributed by atoms with Crippen molar-refractivity contribution in [1.82, 2.24) is 26.2 Å². The molecule has 0 bridgehead atoms. The normalized spacial score (nSPS) is 14.7. The topological polar surface area (TPSA) is 190 Å². The summed E-state index contributed by atoms with van der Waals surface area (Å²) in [5, 5.41) is 21.9. The number of epoxide rings is 1. The van der Waals surface area contributed by atoms with Crippen molar-refractivity contribution < 1.29 is 28.6 Å². The number of aliphatic hydroxyl groups is 1. The molecule has 2 unspecified atom stereocenters. The molecule has 294 valence electrons. The summed E-state index contributed by atoms with van der Waals surface area (Å²) in [6.45, 7) is 21.3. The number of guanidine groups is 1. The molecule has 1 aliphatic rings. The number of nitrogens with zero attached hydrogens (tertiary/aromatic N) is 7. The smallest absolute Gasteiger partial charge is 0.412 e. The number of amidine groups is 1. The minimum Gasteiger partial charge on any atom is -0.412 e. The molecule has 0 radical (unpaired) electrons. The second-order valence-electron chi connectivity index (χ2n) is 11.5. The number of halogens is 3. The maximum atomic E-state index is 9.52. The number of ether oxygens (including phenoxy) is 1. The number of aliphatic hydroxyl groups excluding tert-OH is 1. The quantitative estimate of drug-likeness (QED) is 0.0409. The van der Waals surface area contributed by atoms with Crippen molar-refractivity contribution in [3.05, 3.63) is 0 Å². The van der Waals surface area contributed by atoms with Crippen molar-refractivity contribution in [2.75, 3.05) is 82.0 Å². The molecule has 49 heavy (non-hydrogen) atoms. The number of rotatable bonds is 15. The average Bonchev–Trinajstić information content (AvgIpc) is 3.80. The van der Waals surface area contributed by atoms with Gasteiger partial charge in [0.1, 0.15) is 0 Å². The molecule has 17 heteroatoms. The zero-order valence-electron chi connectivity index (χ0n) is 32.8. The van der Waals surface area contributed by atoms with Gasteiger partial charge < -0.3 is 31.3 Å². The minimum atomic E-state index is -0.366. The van der Waals surface area contributed by atoms with Crippen LogP contribution in [-0.4, -0.2) is 139 Å².